The Balaban J connectivity index is 1.67. The number of esters is 1. The van der Waals surface area contributed by atoms with Crippen molar-refractivity contribution in [1.82, 2.24) is 4.90 Å². The Hall–Kier alpha value is -4.40. The Bertz CT molecular complexity index is 1300. The molecule has 0 aromatic heterocycles. The Morgan fingerprint density at radius 1 is 0.795 bits per heavy atom. The van der Waals surface area contributed by atoms with Gasteiger partial charge >= 0.3 is 5.97 Å². The van der Waals surface area contributed by atoms with Gasteiger partial charge in [-0.15, -0.1) is 0 Å². The maximum Gasteiger partial charge on any atom is 0.338 e. The summed E-state index contributed by atoms with van der Waals surface area (Å²) in [6, 6.07) is 15.3. The van der Waals surface area contributed by atoms with Gasteiger partial charge in [-0.25, -0.2) is 4.79 Å². The molecule has 0 saturated carbocycles. The van der Waals surface area contributed by atoms with Crippen LogP contribution in [0.4, 0.5) is 0 Å². The van der Waals surface area contributed by atoms with Crippen LogP contribution in [0.5, 0.6) is 28.7 Å². The summed E-state index contributed by atoms with van der Waals surface area (Å²) < 4.78 is 33.1. The quantitative estimate of drug-likeness (QED) is 0.345. The van der Waals surface area contributed by atoms with Crippen molar-refractivity contribution in [3.63, 3.8) is 0 Å². The minimum atomic E-state index is -0.428. The van der Waals surface area contributed by atoms with Crippen molar-refractivity contribution < 1.29 is 38.0 Å². The Labute approximate surface area is 228 Å². The molecule has 0 aliphatic carbocycles. The van der Waals surface area contributed by atoms with E-state index in [1.807, 2.05) is 12.1 Å². The number of ether oxygens (including phenoxy) is 6. The summed E-state index contributed by atoms with van der Waals surface area (Å²) in [7, 11) is 6.27. The third kappa shape index (κ3) is 6.03. The molecule has 0 unspecified atom stereocenters. The molecule has 9 nitrogen and oxygen atoms in total. The van der Waals surface area contributed by atoms with Crippen LogP contribution in [0.3, 0.4) is 0 Å². The van der Waals surface area contributed by atoms with Crippen molar-refractivity contribution >= 4 is 11.9 Å². The van der Waals surface area contributed by atoms with Gasteiger partial charge in [-0.2, -0.15) is 0 Å². The van der Waals surface area contributed by atoms with Gasteiger partial charge in [0.05, 0.1) is 46.7 Å². The van der Waals surface area contributed by atoms with Crippen molar-refractivity contribution in [2.75, 3.05) is 48.2 Å². The van der Waals surface area contributed by atoms with Crippen LogP contribution in [0.2, 0.25) is 0 Å². The summed E-state index contributed by atoms with van der Waals surface area (Å²) in [5.41, 5.74) is 2.84. The summed E-state index contributed by atoms with van der Waals surface area (Å²) in [5.74, 6) is 2.23. The summed E-state index contributed by atoms with van der Waals surface area (Å²) in [5, 5.41) is 0. The number of hydrogen-bond donors (Lipinski definition) is 0. The number of carbonyl (C=O) groups is 2. The predicted octanol–water partition coefficient (Wildman–Crippen LogP) is 4.72. The van der Waals surface area contributed by atoms with E-state index in [0.717, 1.165) is 11.1 Å². The summed E-state index contributed by atoms with van der Waals surface area (Å²) >= 11 is 0. The molecule has 0 N–H and O–H groups in total. The molecule has 0 spiro atoms. The molecule has 1 heterocycles. The van der Waals surface area contributed by atoms with E-state index in [9.17, 15) is 9.59 Å². The zero-order valence-electron chi connectivity index (χ0n) is 22.8. The third-order valence-corrected chi connectivity index (χ3v) is 6.64. The van der Waals surface area contributed by atoms with Gasteiger partial charge in [-0.05, 0) is 73.0 Å². The van der Waals surface area contributed by atoms with E-state index in [1.54, 1.807) is 82.7 Å². The number of nitrogens with zero attached hydrogens (tertiary/aromatic N) is 1. The fraction of sp³-hybridized carbons (Fsp3) is 0.333. The van der Waals surface area contributed by atoms with E-state index in [-0.39, 0.29) is 12.5 Å². The van der Waals surface area contributed by atoms with Gasteiger partial charge in [-0.3, -0.25) is 4.79 Å². The minimum Gasteiger partial charge on any atom is -0.497 e. The maximum absolute atomic E-state index is 13.9. The highest BCUT2D eigenvalue weighted by atomic mass is 16.5. The van der Waals surface area contributed by atoms with E-state index in [2.05, 4.69) is 0 Å². The van der Waals surface area contributed by atoms with Crippen molar-refractivity contribution in [2.45, 2.75) is 19.4 Å². The summed E-state index contributed by atoms with van der Waals surface area (Å²) in [6.45, 7) is 2.71. The average molecular weight is 536 g/mol. The lowest BCUT2D eigenvalue weighted by Crippen LogP contribution is -2.42. The molecule has 0 radical (unpaired) electrons. The minimum absolute atomic E-state index is 0.175. The van der Waals surface area contributed by atoms with Crippen molar-refractivity contribution in [1.29, 1.82) is 0 Å². The van der Waals surface area contributed by atoms with E-state index in [0.29, 0.717) is 59.4 Å². The molecule has 1 aliphatic heterocycles. The van der Waals surface area contributed by atoms with E-state index < -0.39 is 12.0 Å². The van der Waals surface area contributed by atoms with Crippen LogP contribution < -0.4 is 23.7 Å². The summed E-state index contributed by atoms with van der Waals surface area (Å²) in [4.78, 5) is 27.7. The molecule has 3 aromatic carbocycles. The molecule has 0 fully saturated rings. The number of fused-ring (bicyclic) bond motifs is 1. The number of carbonyl (C=O) groups excluding carboxylic acids is 2. The van der Waals surface area contributed by atoms with E-state index >= 15 is 0 Å². The second kappa shape index (κ2) is 12.4. The third-order valence-electron chi connectivity index (χ3n) is 6.64. The standard InChI is InChI=1S/C30H33NO8/c1-6-38-30(33)19-7-9-22(10-8-19)39-18-26-25-17-28(37-5)27(36-4)15-20(25)11-12-31(26)29(32)21-13-23(34-2)16-24(14-21)35-3/h7-10,13-17,26H,6,11-12,18H2,1-5H3/t26-/m1/s1. The molecule has 1 aliphatic rings. The first kappa shape index (κ1) is 27.6. The van der Waals surface area contributed by atoms with Crippen LogP contribution in [0.1, 0.15) is 44.8 Å². The lowest BCUT2D eigenvalue weighted by atomic mass is 9.91. The van der Waals surface area contributed by atoms with Crippen LogP contribution in [0.15, 0.2) is 54.6 Å². The fourth-order valence-corrected chi connectivity index (χ4v) is 4.62. The van der Waals surface area contributed by atoms with Crippen LogP contribution >= 0.6 is 0 Å². The molecule has 1 atom stereocenters. The predicted molar refractivity (Wildman–Crippen MR) is 144 cm³/mol. The Morgan fingerprint density at radius 3 is 2.03 bits per heavy atom. The van der Waals surface area contributed by atoms with E-state index in [4.69, 9.17) is 28.4 Å². The van der Waals surface area contributed by atoms with E-state index in [1.165, 1.54) is 0 Å². The first-order valence-corrected chi connectivity index (χ1v) is 12.6. The molecule has 3 aromatic rings. The van der Waals surface area contributed by atoms with Crippen LogP contribution in [0.25, 0.3) is 0 Å². The topological polar surface area (TPSA) is 92.8 Å². The molecular weight excluding hydrogens is 502 g/mol. The average Bonchev–Trinajstić information content (AvgIpc) is 2.98. The lowest BCUT2D eigenvalue weighted by Gasteiger charge is -2.37. The molecule has 4 rings (SSSR count). The van der Waals surface area contributed by atoms with Gasteiger partial charge < -0.3 is 33.3 Å². The number of amides is 1. The Morgan fingerprint density at radius 2 is 1.44 bits per heavy atom. The van der Waals surface area contributed by atoms with Crippen LogP contribution in [-0.4, -0.2) is 65.0 Å². The molecule has 0 saturated heterocycles. The first-order chi connectivity index (χ1) is 18.9. The number of rotatable bonds is 10. The van der Waals surface area contributed by atoms with Crippen molar-refractivity contribution in [2.24, 2.45) is 0 Å². The number of methoxy groups -OCH3 is 4. The zero-order valence-corrected chi connectivity index (χ0v) is 22.8. The maximum atomic E-state index is 13.9. The normalized spacial score (nSPS) is 14.2. The first-order valence-electron chi connectivity index (χ1n) is 12.6. The van der Waals surface area contributed by atoms with Crippen molar-refractivity contribution in [3.8, 4) is 28.7 Å². The molecule has 9 heteroatoms. The van der Waals surface area contributed by atoms with Gasteiger partial charge in [0.25, 0.3) is 5.91 Å². The number of benzene rings is 3. The smallest absolute Gasteiger partial charge is 0.338 e. The van der Waals surface area contributed by atoms with Gasteiger partial charge in [0.2, 0.25) is 0 Å². The van der Waals surface area contributed by atoms with Gasteiger partial charge in [0.1, 0.15) is 23.9 Å². The molecule has 39 heavy (non-hydrogen) atoms. The highest BCUT2D eigenvalue weighted by Gasteiger charge is 2.34. The zero-order chi connectivity index (χ0) is 27.9. The molecule has 0 bridgehead atoms. The number of hydrogen-bond acceptors (Lipinski definition) is 8. The second-order valence-electron chi connectivity index (χ2n) is 8.83. The van der Waals surface area contributed by atoms with Crippen LogP contribution in [-0.2, 0) is 11.2 Å². The van der Waals surface area contributed by atoms with Gasteiger partial charge in [0, 0.05) is 18.2 Å². The second-order valence-corrected chi connectivity index (χ2v) is 8.83. The van der Waals surface area contributed by atoms with Gasteiger partial charge in [-0.1, -0.05) is 0 Å². The molecule has 206 valence electrons. The monoisotopic (exact) mass is 535 g/mol. The largest absolute Gasteiger partial charge is 0.497 e. The van der Waals surface area contributed by atoms with Crippen molar-refractivity contribution in [3.05, 3.63) is 76.9 Å². The van der Waals surface area contributed by atoms with Gasteiger partial charge in [0.15, 0.2) is 11.5 Å². The highest BCUT2D eigenvalue weighted by Crippen LogP contribution is 2.39. The highest BCUT2D eigenvalue weighted by molar-refractivity contribution is 5.95. The molecule has 1 amide bonds. The SMILES string of the molecule is CCOC(=O)c1ccc(OC[C@@H]2c3cc(OC)c(OC)cc3CCN2C(=O)c2cc(OC)cc(OC)c2)cc1. The fourth-order valence-electron chi connectivity index (χ4n) is 4.62. The van der Waals surface area contributed by atoms with Crippen LogP contribution in [0, 0.1) is 0 Å². The Kier molecular flexibility index (Phi) is 8.81. The molecular formula is C30H33NO8. The summed E-state index contributed by atoms with van der Waals surface area (Å²) in [6.07, 6.45) is 0.632. The lowest BCUT2D eigenvalue weighted by molar-refractivity contribution is 0.0524.